The number of benzene rings is 1. The van der Waals surface area contributed by atoms with E-state index in [1.807, 2.05) is 20.8 Å². The highest BCUT2D eigenvalue weighted by Crippen LogP contribution is 2.23. The number of hydrogen-bond acceptors (Lipinski definition) is 2. The predicted octanol–water partition coefficient (Wildman–Crippen LogP) is 3.05. The summed E-state index contributed by atoms with van der Waals surface area (Å²) in [4.78, 5) is 0. The molecule has 0 spiro atoms. The topological polar surface area (TPSA) is 46.2 Å². The Kier molecular flexibility index (Phi) is 5.68. The van der Waals surface area contributed by atoms with Crippen molar-refractivity contribution in [2.45, 2.75) is 20.8 Å². The Balaban J connectivity index is 0.000000921. The van der Waals surface area contributed by atoms with E-state index in [0.717, 1.165) is 11.8 Å². The van der Waals surface area contributed by atoms with Crippen LogP contribution in [0.1, 0.15) is 19.4 Å². The van der Waals surface area contributed by atoms with Gasteiger partial charge in [0.15, 0.2) is 0 Å². The van der Waals surface area contributed by atoms with Crippen molar-refractivity contribution in [1.82, 2.24) is 0 Å². The largest absolute Gasteiger partial charge is 0.282 e. The fraction of sp³-hybridized carbons (Fsp3) is 0.400. The Labute approximate surface area is 96.5 Å². The van der Waals surface area contributed by atoms with Crippen molar-refractivity contribution in [3.05, 3.63) is 28.8 Å². The van der Waals surface area contributed by atoms with Crippen molar-refractivity contribution in [2.75, 3.05) is 11.0 Å². The molecule has 0 unspecified atom stereocenters. The van der Waals surface area contributed by atoms with E-state index >= 15 is 0 Å². The van der Waals surface area contributed by atoms with Gasteiger partial charge in [-0.15, -0.1) is 0 Å². The first-order chi connectivity index (χ1) is 6.88. The monoisotopic (exact) mass is 249 g/mol. The summed E-state index contributed by atoms with van der Waals surface area (Å²) in [6.07, 6.45) is 1.09. The van der Waals surface area contributed by atoms with Crippen molar-refractivity contribution in [2.24, 2.45) is 0 Å². The zero-order valence-corrected chi connectivity index (χ0v) is 10.9. The fourth-order valence-electron chi connectivity index (χ4n) is 0.903. The number of rotatable bonds is 2. The molecule has 3 nitrogen and oxygen atoms in total. The fourth-order valence-corrected chi connectivity index (χ4v) is 1.82. The maximum absolute atomic E-state index is 10.9. The molecule has 15 heavy (non-hydrogen) atoms. The lowest BCUT2D eigenvalue weighted by atomic mass is 10.2. The molecule has 5 heteroatoms. The van der Waals surface area contributed by atoms with Crippen molar-refractivity contribution in [3.63, 3.8) is 0 Å². The number of hydrogen-bond donors (Lipinski definition) is 1. The molecule has 1 N–H and O–H groups in total. The molecule has 1 rings (SSSR count). The number of aryl methyl sites for hydroxylation is 1. The first-order valence-electron chi connectivity index (χ1n) is 4.62. The molecule has 0 saturated carbocycles. The van der Waals surface area contributed by atoms with Gasteiger partial charge in [-0.1, -0.05) is 31.5 Å². The third-order valence-corrected chi connectivity index (χ3v) is 2.32. The summed E-state index contributed by atoms with van der Waals surface area (Å²) in [6.45, 7) is 5.89. The summed E-state index contributed by atoms with van der Waals surface area (Å²) in [5, 5.41) is 0.408. The van der Waals surface area contributed by atoms with Gasteiger partial charge < -0.3 is 0 Å². The molecule has 0 amide bonds. The maximum Gasteiger partial charge on any atom is 0.229 e. The summed E-state index contributed by atoms with van der Waals surface area (Å²) in [6, 6.07) is 5.13. The van der Waals surface area contributed by atoms with E-state index in [1.165, 1.54) is 0 Å². The summed E-state index contributed by atoms with van der Waals surface area (Å²) in [5.41, 5.74) is 1.40. The third kappa shape index (κ3) is 5.64. The summed E-state index contributed by atoms with van der Waals surface area (Å²) in [5.74, 6) is 0. The molecule has 86 valence electrons. The first-order valence-corrected chi connectivity index (χ1v) is 6.89. The van der Waals surface area contributed by atoms with E-state index in [-0.39, 0.29) is 0 Å². The normalized spacial score (nSPS) is 10.2. The standard InChI is InChI=1S/C8H10ClNO2S.C2H6/c1-6-3-4-8(7(9)5-6)10-13(2,11)12;1-2/h3-5,10H,1-2H3;1-2H3. The molecule has 1 aromatic rings. The molecule has 0 aliphatic heterocycles. The number of sulfonamides is 1. The van der Waals surface area contributed by atoms with E-state index < -0.39 is 10.0 Å². The summed E-state index contributed by atoms with van der Waals surface area (Å²) >= 11 is 5.81. The first kappa shape index (κ1) is 14.3. The van der Waals surface area contributed by atoms with Crippen molar-refractivity contribution in [1.29, 1.82) is 0 Å². The number of anilines is 1. The average Bonchev–Trinajstić information content (AvgIpc) is 2.12. The van der Waals surface area contributed by atoms with E-state index in [4.69, 9.17) is 11.6 Å². The van der Waals surface area contributed by atoms with Crippen LogP contribution in [0.3, 0.4) is 0 Å². The van der Waals surface area contributed by atoms with Crippen LogP contribution in [-0.4, -0.2) is 14.7 Å². The molecule has 0 heterocycles. The van der Waals surface area contributed by atoms with Gasteiger partial charge in [-0.2, -0.15) is 0 Å². The van der Waals surface area contributed by atoms with Crippen LogP contribution in [0, 0.1) is 6.92 Å². The second kappa shape index (κ2) is 5.98. The average molecular weight is 250 g/mol. The van der Waals surface area contributed by atoms with E-state index in [2.05, 4.69) is 4.72 Å². The van der Waals surface area contributed by atoms with Crippen LogP contribution in [-0.2, 0) is 10.0 Å². The third-order valence-electron chi connectivity index (χ3n) is 1.42. The van der Waals surface area contributed by atoms with E-state index in [9.17, 15) is 8.42 Å². The van der Waals surface area contributed by atoms with Gasteiger partial charge in [-0.25, -0.2) is 8.42 Å². The van der Waals surface area contributed by atoms with Crippen molar-refractivity contribution in [3.8, 4) is 0 Å². The molecule has 0 aliphatic rings. The minimum atomic E-state index is -3.25. The van der Waals surface area contributed by atoms with Gasteiger partial charge in [0, 0.05) is 0 Å². The highest BCUT2D eigenvalue weighted by atomic mass is 35.5. The van der Waals surface area contributed by atoms with Gasteiger partial charge >= 0.3 is 0 Å². The Morgan fingerprint density at radius 3 is 2.20 bits per heavy atom. The minimum absolute atomic E-state index is 0.408. The lowest BCUT2D eigenvalue weighted by Crippen LogP contribution is -2.09. The quantitative estimate of drug-likeness (QED) is 0.876. The van der Waals surface area contributed by atoms with E-state index in [1.54, 1.807) is 18.2 Å². The Hall–Kier alpha value is -0.740. The van der Waals surface area contributed by atoms with Gasteiger partial charge in [-0.3, -0.25) is 4.72 Å². The highest BCUT2D eigenvalue weighted by Gasteiger charge is 2.05. The molecule has 0 radical (unpaired) electrons. The molecular weight excluding hydrogens is 234 g/mol. The van der Waals surface area contributed by atoms with Gasteiger partial charge in [-0.05, 0) is 24.6 Å². The van der Waals surface area contributed by atoms with E-state index in [0.29, 0.717) is 10.7 Å². The van der Waals surface area contributed by atoms with Gasteiger partial charge in [0.25, 0.3) is 0 Å². The lowest BCUT2D eigenvalue weighted by molar-refractivity contribution is 0.607. The number of halogens is 1. The van der Waals surface area contributed by atoms with Gasteiger partial charge in [0.05, 0.1) is 17.0 Å². The second-order valence-corrected chi connectivity index (χ2v) is 5.01. The molecule has 1 aromatic carbocycles. The summed E-state index contributed by atoms with van der Waals surface area (Å²) < 4.78 is 24.1. The molecule has 0 saturated heterocycles. The van der Waals surface area contributed by atoms with Crippen LogP contribution in [0.15, 0.2) is 18.2 Å². The number of nitrogens with one attached hydrogen (secondary N) is 1. The minimum Gasteiger partial charge on any atom is -0.282 e. The molecular formula is C10H16ClNO2S. The smallest absolute Gasteiger partial charge is 0.229 e. The van der Waals surface area contributed by atoms with Crippen LogP contribution >= 0.6 is 11.6 Å². The predicted molar refractivity (Wildman–Crippen MR) is 66.0 cm³/mol. The highest BCUT2D eigenvalue weighted by molar-refractivity contribution is 7.92. The van der Waals surface area contributed by atoms with Gasteiger partial charge in [0.1, 0.15) is 0 Å². The molecule has 0 aliphatic carbocycles. The second-order valence-electron chi connectivity index (χ2n) is 2.86. The Bertz CT molecular complexity index is 415. The molecule has 0 bridgehead atoms. The van der Waals surface area contributed by atoms with Gasteiger partial charge in [0.2, 0.25) is 10.0 Å². The Morgan fingerprint density at radius 2 is 1.80 bits per heavy atom. The SMILES string of the molecule is CC.Cc1ccc(NS(C)(=O)=O)c(Cl)c1. The zero-order chi connectivity index (χ0) is 12.1. The lowest BCUT2D eigenvalue weighted by Gasteiger charge is -2.06. The van der Waals surface area contributed by atoms with Crippen LogP contribution in [0.2, 0.25) is 5.02 Å². The van der Waals surface area contributed by atoms with Crippen LogP contribution < -0.4 is 4.72 Å². The van der Waals surface area contributed by atoms with Crippen molar-refractivity contribution >= 4 is 27.3 Å². The Morgan fingerprint density at radius 1 is 1.27 bits per heavy atom. The molecule has 0 fully saturated rings. The molecule has 0 aromatic heterocycles. The summed E-state index contributed by atoms with van der Waals surface area (Å²) in [7, 11) is -3.25. The van der Waals surface area contributed by atoms with Crippen LogP contribution in [0.4, 0.5) is 5.69 Å². The zero-order valence-electron chi connectivity index (χ0n) is 9.33. The van der Waals surface area contributed by atoms with Crippen molar-refractivity contribution < 1.29 is 8.42 Å². The maximum atomic E-state index is 10.9. The molecule has 0 atom stereocenters. The van der Waals surface area contributed by atoms with Crippen LogP contribution in [0.25, 0.3) is 0 Å². The van der Waals surface area contributed by atoms with Crippen LogP contribution in [0.5, 0.6) is 0 Å².